The number of benzene rings is 3. The fraction of sp³-hybridized carbons (Fsp3) is 0.240. The zero-order chi connectivity index (χ0) is 24.3. The summed E-state index contributed by atoms with van der Waals surface area (Å²) in [6, 6.07) is 17.1. The Morgan fingerprint density at radius 3 is 2.15 bits per heavy atom. The summed E-state index contributed by atoms with van der Waals surface area (Å²) in [5.41, 5.74) is 4.34. The zero-order valence-corrected chi connectivity index (χ0v) is 21.3. The monoisotopic (exact) mass is 504 g/mol. The van der Waals surface area contributed by atoms with Crippen LogP contribution >= 0.6 is 23.2 Å². The van der Waals surface area contributed by atoms with Gasteiger partial charge in [0.05, 0.1) is 11.4 Å². The molecular weight excluding hydrogens is 479 g/mol. The van der Waals surface area contributed by atoms with Gasteiger partial charge in [-0.2, -0.15) is 4.31 Å². The van der Waals surface area contributed by atoms with Crippen LogP contribution in [0.25, 0.3) is 0 Å². The molecule has 0 aliphatic rings. The van der Waals surface area contributed by atoms with Gasteiger partial charge in [0, 0.05) is 29.3 Å². The molecular formula is C25H26Cl2N2O3S. The molecule has 1 amide bonds. The Kier molecular flexibility index (Phi) is 7.85. The van der Waals surface area contributed by atoms with Gasteiger partial charge in [-0.25, -0.2) is 8.42 Å². The molecule has 3 aromatic rings. The van der Waals surface area contributed by atoms with Crippen LogP contribution in [0.4, 0.5) is 5.69 Å². The number of hydrogen-bond donors (Lipinski definition) is 0. The number of anilines is 1. The number of carbonyl (C=O) groups is 1. The smallest absolute Gasteiger partial charge is 0.243 e. The maximum atomic E-state index is 13.5. The number of halogens is 2. The van der Waals surface area contributed by atoms with Gasteiger partial charge in [-0.05, 0) is 73.9 Å². The van der Waals surface area contributed by atoms with Crippen LogP contribution in [0.3, 0.4) is 0 Å². The van der Waals surface area contributed by atoms with E-state index in [-0.39, 0.29) is 23.9 Å². The zero-order valence-electron chi connectivity index (χ0n) is 19.0. The number of hydrogen-bond acceptors (Lipinski definition) is 3. The Balaban J connectivity index is 1.95. The Morgan fingerprint density at radius 1 is 0.879 bits per heavy atom. The largest absolute Gasteiger partial charge is 0.314 e. The summed E-state index contributed by atoms with van der Waals surface area (Å²) in [7, 11) is -2.34. The van der Waals surface area contributed by atoms with E-state index in [0.29, 0.717) is 21.3 Å². The molecule has 0 radical (unpaired) electrons. The first-order chi connectivity index (χ1) is 15.5. The molecule has 0 atom stereocenters. The van der Waals surface area contributed by atoms with E-state index in [9.17, 15) is 13.2 Å². The molecule has 0 aliphatic heterocycles. The summed E-state index contributed by atoms with van der Waals surface area (Å²) in [4.78, 5) is 14.8. The van der Waals surface area contributed by atoms with Gasteiger partial charge in [-0.15, -0.1) is 0 Å². The van der Waals surface area contributed by atoms with Gasteiger partial charge in [0.1, 0.15) is 0 Å². The molecule has 0 spiro atoms. The highest BCUT2D eigenvalue weighted by molar-refractivity contribution is 7.89. The van der Waals surface area contributed by atoms with Crippen molar-refractivity contribution in [2.75, 3.05) is 18.5 Å². The summed E-state index contributed by atoms with van der Waals surface area (Å²) >= 11 is 12.3. The van der Waals surface area contributed by atoms with Gasteiger partial charge in [0.2, 0.25) is 15.9 Å². The fourth-order valence-electron chi connectivity index (χ4n) is 3.26. The molecule has 33 heavy (non-hydrogen) atoms. The third-order valence-electron chi connectivity index (χ3n) is 5.58. The second-order valence-corrected chi connectivity index (χ2v) is 10.8. The van der Waals surface area contributed by atoms with Crippen molar-refractivity contribution in [3.8, 4) is 0 Å². The minimum absolute atomic E-state index is 0.0707. The lowest BCUT2D eigenvalue weighted by atomic mass is 10.1. The molecule has 3 rings (SSSR count). The molecule has 0 fully saturated rings. The van der Waals surface area contributed by atoms with E-state index in [1.807, 2.05) is 39.0 Å². The van der Waals surface area contributed by atoms with E-state index in [2.05, 4.69) is 0 Å². The van der Waals surface area contributed by atoms with E-state index in [1.165, 1.54) is 4.90 Å². The van der Waals surface area contributed by atoms with Crippen LogP contribution in [0.5, 0.6) is 0 Å². The average Bonchev–Trinajstić information content (AvgIpc) is 2.76. The van der Waals surface area contributed by atoms with Crippen molar-refractivity contribution in [3.05, 3.63) is 93.0 Å². The van der Waals surface area contributed by atoms with Crippen LogP contribution in [0.1, 0.15) is 22.3 Å². The van der Waals surface area contributed by atoms with E-state index >= 15 is 0 Å². The number of likely N-dealkylation sites (N-methyl/N-ethyl adjacent to an activating group) is 1. The second-order valence-electron chi connectivity index (χ2n) is 8.04. The van der Waals surface area contributed by atoms with Gasteiger partial charge in [-0.3, -0.25) is 4.79 Å². The molecule has 0 unspecified atom stereocenters. The van der Waals surface area contributed by atoms with E-state index < -0.39 is 10.0 Å². The van der Waals surface area contributed by atoms with Crippen LogP contribution < -0.4 is 4.90 Å². The molecule has 0 saturated heterocycles. The number of carbonyl (C=O) groups excluding carboxylic acids is 1. The SMILES string of the molecule is Cc1ccc(S(=O)(=O)N(CC(=O)N(C)c2ccc(C)c(C)c2)Cc2ccc(Cl)cc2Cl)cc1. The van der Waals surface area contributed by atoms with Crippen molar-refractivity contribution in [2.45, 2.75) is 32.2 Å². The number of aryl methyl sites for hydroxylation is 3. The van der Waals surface area contributed by atoms with Gasteiger partial charge in [-0.1, -0.05) is 53.0 Å². The summed E-state index contributed by atoms with van der Waals surface area (Å²) < 4.78 is 28.2. The standard InChI is InChI=1S/C25H26Cl2N2O3S/c1-17-5-11-23(12-6-17)33(31,32)29(15-20-8-9-21(26)14-24(20)27)16-25(30)28(4)22-10-7-18(2)19(3)13-22/h5-14H,15-16H2,1-4H3. The van der Waals surface area contributed by atoms with Crippen LogP contribution in [0.15, 0.2) is 65.6 Å². The predicted molar refractivity (Wildman–Crippen MR) is 135 cm³/mol. The normalized spacial score (nSPS) is 11.6. The lowest BCUT2D eigenvalue weighted by molar-refractivity contribution is -0.118. The van der Waals surface area contributed by atoms with Crippen LogP contribution in [0, 0.1) is 20.8 Å². The highest BCUT2D eigenvalue weighted by Gasteiger charge is 2.29. The van der Waals surface area contributed by atoms with Crippen LogP contribution in [-0.4, -0.2) is 32.2 Å². The van der Waals surface area contributed by atoms with Crippen LogP contribution in [0.2, 0.25) is 10.0 Å². The molecule has 8 heteroatoms. The summed E-state index contributed by atoms with van der Waals surface area (Å²) in [5, 5.41) is 0.781. The highest BCUT2D eigenvalue weighted by atomic mass is 35.5. The third kappa shape index (κ3) is 5.95. The van der Waals surface area contributed by atoms with Gasteiger partial charge in [0.25, 0.3) is 0 Å². The topological polar surface area (TPSA) is 57.7 Å². The number of sulfonamides is 1. The van der Waals surface area contributed by atoms with Gasteiger partial charge >= 0.3 is 0 Å². The van der Waals surface area contributed by atoms with E-state index in [0.717, 1.165) is 21.0 Å². The molecule has 0 bridgehead atoms. The number of amides is 1. The molecule has 174 valence electrons. The number of rotatable bonds is 7. The quantitative estimate of drug-likeness (QED) is 0.410. The lowest BCUT2D eigenvalue weighted by Gasteiger charge is -2.26. The summed E-state index contributed by atoms with van der Waals surface area (Å²) in [6.07, 6.45) is 0. The first kappa shape index (κ1) is 25.2. The number of nitrogens with zero attached hydrogens (tertiary/aromatic N) is 2. The van der Waals surface area contributed by atoms with E-state index in [4.69, 9.17) is 23.2 Å². The molecule has 0 aliphatic carbocycles. The molecule has 0 saturated carbocycles. The lowest BCUT2D eigenvalue weighted by Crippen LogP contribution is -2.41. The molecule has 3 aromatic carbocycles. The van der Waals surface area contributed by atoms with Crippen molar-refractivity contribution in [1.29, 1.82) is 0 Å². The first-order valence-corrected chi connectivity index (χ1v) is 12.5. The van der Waals surface area contributed by atoms with Crippen molar-refractivity contribution in [3.63, 3.8) is 0 Å². The van der Waals surface area contributed by atoms with Gasteiger partial charge in [0.15, 0.2) is 0 Å². The molecule has 0 aromatic heterocycles. The average molecular weight is 505 g/mol. The summed E-state index contributed by atoms with van der Waals surface area (Å²) in [5.74, 6) is -0.362. The minimum Gasteiger partial charge on any atom is -0.314 e. The Hall–Kier alpha value is -2.38. The van der Waals surface area contributed by atoms with Crippen LogP contribution in [-0.2, 0) is 21.4 Å². The van der Waals surface area contributed by atoms with Crippen molar-refractivity contribution in [1.82, 2.24) is 4.31 Å². The Morgan fingerprint density at radius 2 is 1.55 bits per heavy atom. The first-order valence-electron chi connectivity index (χ1n) is 10.3. The fourth-order valence-corrected chi connectivity index (χ4v) is 5.10. The van der Waals surface area contributed by atoms with Gasteiger partial charge < -0.3 is 4.90 Å². The second kappa shape index (κ2) is 10.3. The van der Waals surface area contributed by atoms with E-state index in [1.54, 1.807) is 49.5 Å². The Bertz CT molecular complexity index is 1280. The third-order valence-corrected chi connectivity index (χ3v) is 7.98. The summed E-state index contributed by atoms with van der Waals surface area (Å²) in [6.45, 7) is 5.42. The maximum absolute atomic E-state index is 13.5. The van der Waals surface area contributed by atoms with Crippen molar-refractivity contribution < 1.29 is 13.2 Å². The highest BCUT2D eigenvalue weighted by Crippen LogP contribution is 2.26. The predicted octanol–water partition coefficient (Wildman–Crippen LogP) is 5.77. The van der Waals surface area contributed by atoms with Crippen molar-refractivity contribution in [2.24, 2.45) is 0 Å². The molecule has 0 N–H and O–H groups in total. The van der Waals surface area contributed by atoms with Crippen molar-refractivity contribution >= 4 is 44.8 Å². The Labute approximate surface area is 205 Å². The minimum atomic E-state index is -3.97. The molecule has 0 heterocycles. The molecule has 5 nitrogen and oxygen atoms in total. The maximum Gasteiger partial charge on any atom is 0.243 e.